The van der Waals surface area contributed by atoms with E-state index in [4.69, 9.17) is 0 Å². The Hall–Kier alpha value is -1.57. The van der Waals surface area contributed by atoms with Crippen molar-refractivity contribution in [3.05, 3.63) is 65.2 Å². The van der Waals surface area contributed by atoms with Gasteiger partial charge in [-0.05, 0) is 35.9 Å². The second-order valence-corrected chi connectivity index (χ2v) is 7.91. The lowest BCUT2D eigenvalue weighted by atomic mass is 9.62. The lowest BCUT2D eigenvalue weighted by Gasteiger charge is -2.56. The molecule has 2 aromatic carbocycles. The number of hydrogen-bond donors (Lipinski definition) is 1. The second kappa shape index (κ2) is 7.11. The van der Waals surface area contributed by atoms with Crippen LogP contribution in [0.1, 0.15) is 23.6 Å². The van der Waals surface area contributed by atoms with Gasteiger partial charge in [-0.2, -0.15) is 0 Å². The molecule has 0 saturated carbocycles. The van der Waals surface area contributed by atoms with Crippen LogP contribution in [-0.2, 0) is 10.9 Å². The minimum absolute atomic E-state index is 0.307. The number of halogens is 4. The van der Waals surface area contributed by atoms with Gasteiger partial charge < -0.3 is 14.7 Å². The third-order valence-corrected chi connectivity index (χ3v) is 5.76. The van der Waals surface area contributed by atoms with Gasteiger partial charge in [0.1, 0.15) is 11.4 Å². The van der Waals surface area contributed by atoms with Crippen LogP contribution in [0, 0.1) is 5.41 Å². The van der Waals surface area contributed by atoms with Gasteiger partial charge in [-0.15, -0.1) is 13.2 Å². The van der Waals surface area contributed by atoms with Crippen molar-refractivity contribution in [1.82, 2.24) is 4.90 Å². The smallest absolute Gasteiger partial charge is 0.406 e. The summed E-state index contributed by atoms with van der Waals surface area (Å²) in [4.78, 5) is 2.10. The summed E-state index contributed by atoms with van der Waals surface area (Å²) in [7, 11) is 1.97. The zero-order chi connectivity index (χ0) is 19.9. The van der Waals surface area contributed by atoms with E-state index < -0.39 is 17.4 Å². The SMILES string of the molecule is CN1CC(C)(C(O)(c2ccc(OC(F)(F)F)cc2)c2cccc(CBr)c2)C1. The number of rotatable bonds is 5. The van der Waals surface area contributed by atoms with Crippen LogP contribution in [-0.4, -0.2) is 36.5 Å². The van der Waals surface area contributed by atoms with E-state index in [1.165, 1.54) is 24.3 Å². The van der Waals surface area contributed by atoms with E-state index in [1.807, 2.05) is 38.2 Å². The molecule has 146 valence electrons. The van der Waals surface area contributed by atoms with E-state index in [-0.39, 0.29) is 5.75 Å². The third kappa shape index (κ3) is 3.86. The largest absolute Gasteiger partial charge is 0.573 e. The Labute approximate surface area is 164 Å². The first-order valence-corrected chi connectivity index (χ1v) is 9.62. The molecule has 0 aliphatic carbocycles. The molecule has 27 heavy (non-hydrogen) atoms. The Morgan fingerprint density at radius 2 is 1.74 bits per heavy atom. The monoisotopic (exact) mass is 443 g/mol. The number of alkyl halides is 4. The molecule has 0 aromatic heterocycles. The van der Waals surface area contributed by atoms with Gasteiger partial charge in [0, 0.05) is 23.8 Å². The van der Waals surface area contributed by atoms with E-state index in [0.29, 0.717) is 24.0 Å². The van der Waals surface area contributed by atoms with Gasteiger partial charge in [0.2, 0.25) is 0 Å². The predicted molar refractivity (Wildman–Crippen MR) is 101 cm³/mol. The van der Waals surface area contributed by atoms with Crippen molar-refractivity contribution in [1.29, 1.82) is 0 Å². The highest BCUT2D eigenvalue weighted by molar-refractivity contribution is 9.08. The number of aliphatic hydroxyl groups is 1. The Balaban J connectivity index is 2.05. The Kier molecular flexibility index (Phi) is 5.31. The molecule has 1 N–H and O–H groups in total. The maximum absolute atomic E-state index is 12.4. The maximum atomic E-state index is 12.4. The molecule has 0 spiro atoms. The van der Waals surface area contributed by atoms with Crippen molar-refractivity contribution >= 4 is 15.9 Å². The van der Waals surface area contributed by atoms with E-state index in [1.54, 1.807) is 0 Å². The van der Waals surface area contributed by atoms with Gasteiger partial charge in [0.15, 0.2) is 0 Å². The highest BCUT2D eigenvalue weighted by atomic mass is 79.9. The molecule has 7 heteroatoms. The molecule has 0 amide bonds. The molecule has 1 heterocycles. The molecule has 1 unspecified atom stereocenters. The van der Waals surface area contributed by atoms with Gasteiger partial charge in [-0.25, -0.2) is 0 Å². The van der Waals surface area contributed by atoms with Crippen molar-refractivity contribution in [3.63, 3.8) is 0 Å². The average Bonchev–Trinajstić information content (AvgIpc) is 2.59. The maximum Gasteiger partial charge on any atom is 0.573 e. The lowest BCUT2D eigenvalue weighted by molar-refractivity contribution is -0.274. The topological polar surface area (TPSA) is 32.7 Å². The van der Waals surface area contributed by atoms with Crippen LogP contribution in [0.15, 0.2) is 48.5 Å². The summed E-state index contributed by atoms with van der Waals surface area (Å²) < 4.78 is 41.3. The summed E-state index contributed by atoms with van der Waals surface area (Å²) in [5, 5.41) is 12.5. The first-order chi connectivity index (χ1) is 12.6. The van der Waals surface area contributed by atoms with Crippen LogP contribution < -0.4 is 4.74 Å². The van der Waals surface area contributed by atoms with Crippen molar-refractivity contribution in [2.45, 2.75) is 24.2 Å². The standard InChI is InChI=1S/C20H21BrF3NO2/c1-18(12-25(2)13-18)19(26,16-5-3-4-14(10-16)11-21)15-6-8-17(9-7-15)27-20(22,23)24/h3-10,26H,11-13H2,1-2H3. The molecule has 0 radical (unpaired) electrons. The van der Waals surface area contributed by atoms with E-state index in [9.17, 15) is 18.3 Å². The Bertz CT molecular complexity index is 804. The number of ether oxygens (including phenoxy) is 1. The number of nitrogens with zero attached hydrogens (tertiary/aromatic N) is 1. The van der Waals surface area contributed by atoms with Crippen LogP contribution in [0.25, 0.3) is 0 Å². The minimum atomic E-state index is -4.75. The van der Waals surface area contributed by atoms with Crippen LogP contribution in [0.5, 0.6) is 5.75 Å². The molecule has 1 saturated heterocycles. The van der Waals surface area contributed by atoms with Gasteiger partial charge in [-0.3, -0.25) is 0 Å². The van der Waals surface area contributed by atoms with Crippen molar-refractivity contribution in [2.75, 3.05) is 20.1 Å². The van der Waals surface area contributed by atoms with E-state index >= 15 is 0 Å². The van der Waals surface area contributed by atoms with Crippen LogP contribution >= 0.6 is 15.9 Å². The molecule has 1 aliphatic heterocycles. The van der Waals surface area contributed by atoms with Crippen LogP contribution in [0.2, 0.25) is 0 Å². The fraction of sp³-hybridized carbons (Fsp3) is 0.400. The van der Waals surface area contributed by atoms with Crippen LogP contribution in [0.3, 0.4) is 0 Å². The van der Waals surface area contributed by atoms with Crippen molar-refractivity contribution < 1.29 is 23.0 Å². The fourth-order valence-corrected chi connectivity index (χ4v) is 4.36. The molecule has 3 rings (SSSR count). The third-order valence-electron chi connectivity index (χ3n) is 5.12. The molecule has 1 atom stereocenters. The zero-order valence-corrected chi connectivity index (χ0v) is 16.6. The normalized spacial score (nSPS) is 19.2. The number of benzene rings is 2. The van der Waals surface area contributed by atoms with Gasteiger partial charge in [0.05, 0.1) is 0 Å². The van der Waals surface area contributed by atoms with E-state index in [0.717, 1.165) is 11.1 Å². The summed E-state index contributed by atoms with van der Waals surface area (Å²) >= 11 is 3.43. The van der Waals surface area contributed by atoms with Crippen molar-refractivity contribution in [2.24, 2.45) is 5.41 Å². The summed E-state index contributed by atoms with van der Waals surface area (Å²) in [5.41, 5.74) is 0.464. The molecule has 2 aromatic rings. The number of likely N-dealkylation sites (tertiary alicyclic amines) is 1. The molecule has 1 fully saturated rings. The summed E-state index contributed by atoms with van der Waals surface area (Å²) in [6, 6.07) is 13.1. The predicted octanol–water partition coefficient (Wildman–Crippen LogP) is 4.67. The first-order valence-electron chi connectivity index (χ1n) is 8.50. The Morgan fingerprint density at radius 3 is 2.26 bits per heavy atom. The second-order valence-electron chi connectivity index (χ2n) is 7.35. The van der Waals surface area contributed by atoms with Gasteiger partial charge in [0.25, 0.3) is 0 Å². The molecule has 0 bridgehead atoms. The lowest BCUT2D eigenvalue weighted by Crippen LogP contribution is -2.63. The van der Waals surface area contributed by atoms with Crippen molar-refractivity contribution in [3.8, 4) is 5.75 Å². The zero-order valence-electron chi connectivity index (χ0n) is 15.1. The molecular formula is C20H21BrF3NO2. The highest BCUT2D eigenvalue weighted by Crippen LogP contribution is 2.50. The summed E-state index contributed by atoms with van der Waals surface area (Å²) in [5.74, 6) is -0.307. The molecular weight excluding hydrogens is 423 g/mol. The quantitative estimate of drug-likeness (QED) is 0.681. The molecule has 1 aliphatic rings. The molecule has 3 nitrogen and oxygen atoms in total. The average molecular weight is 444 g/mol. The fourth-order valence-electron chi connectivity index (χ4n) is 4.01. The van der Waals surface area contributed by atoms with Gasteiger partial charge >= 0.3 is 6.36 Å². The van der Waals surface area contributed by atoms with Crippen LogP contribution in [0.4, 0.5) is 13.2 Å². The summed E-state index contributed by atoms with van der Waals surface area (Å²) in [6.07, 6.45) is -4.75. The number of hydrogen-bond acceptors (Lipinski definition) is 3. The van der Waals surface area contributed by atoms with Gasteiger partial charge in [-0.1, -0.05) is 59.3 Å². The highest BCUT2D eigenvalue weighted by Gasteiger charge is 2.55. The first kappa shape index (κ1) is 20.2. The minimum Gasteiger partial charge on any atom is -0.406 e. The summed E-state index contributed by atoms with van der Waals surface area (Å²) in [6.45, 7) is 3.33. The Morgan fingerprint density at radius 1 is 1.11 bits per heavy atom. The van der Waals surface area contributed by atoms with E-state index in [2.05, 4.69) is 25.6 Å².